The van der Waals surface area contributed by atoms with Crippen LogP contribution in [0.5, 0.6) is 5.75 Å². The van der Waals surface area contributed by atoms with Crippen molar-refractivity contribution in [3.8, 4) is 5.75 Å². The van der Waals surface area contributed by atoms with E-state index in [4.69, 9.17) is 4.18 Å². The molecule has 0 amide bonds. The van der Waals surface area contributed by atoms with Crippen LogP contribution in [0.4, 0.5) is 4.39 Å². The van der Waals surface area contributed by atoms with E-state index in [1.165, 1.54) is 16.4 Å². The quantitative estimate of drug-likeness (QED) is 0.265. The Morgan fingerprint density at radius 1 is 0.806 bits per heavy atom. The summed E-state index contributed by atoms with van der Waals surface area (Å²) in [7, 11) is -7.96. The molecule has 4 aromatic carbocycles. The summed E-state index contributed by atoms with van der Waals surface area (Å²) in [6.07, 6.45) is 0. The lowest BCUT2D eigenvalue weighted by Crippen LogP contribution is -2.34. The van der Waals surface area contributed by atoms with Crippen LogP contribution >= 0.6 is 0 Å². The van der Waals surface area contributed by atoms with Crippen molar-refractivity contribution in [1.82, 2.24) is 4.31 Å². The fraction of sp³-hybridized carbons (Fsp3) is 0.185. The van der Waals surface area contributed by atoms with Gasteiger partial charge in [0.1, 0.15) is 16.5 Å². The fourth-order valence-electron chi connectivity index (χ4n) is 3.84. The molecule has 0 aliphatic carbocycles. The van der Waals surface area contributed by atoms with Crippen LogP contribution in [0.15, 0.2) is 101 Å². The zero-order chi connectivity index (χ0) is 25.9. The number of nitrogens with zero attached hydrogens (tertiary/aromatic N) is 1. The Hall–Kier alpha value is -3.27. The molecular weight excluding hydrogens is 501 g/mol. The number of hydrogen-bond donors (Lipinski definition) is 0. The third-order valence-corrected chi connectivity index (χ3v) is 8.66. The van der Waals surface area contributed by atoms with E-state index in [0.717, 1.165) is 29.7 Å². The Bertz CT molecular complexity index is 1560. The van der Waals surface area contributed by atoms with Gasteiger partial charge in [-0.15, -0.1) is 0 Å². The highest BCUT2D eigenvalue weighted by molar-refractivity contribution is 7.89. The zero-order valence-electron chi connectivity index (χ0n) is 19.8. The van der Waals surface area contributed by atoms with Gasteiger partial charge in [0.2, 0.25) is 10.0 Å². The standard InChI is InChI=1S/C27H26FNO5S2/c1-20(2)18-29(35(30,31)27-9-5-7-22-6-3-4-8-26(22)27)19-21-10-14-24(15-11-21)34-36(32,33)25-16-12-23(28)13-17-25/h3-17,20H,18-19H2,1-2H3. The summed E-state index contributed by atoms with van der Waals surface area (Å²) < 4.78 is 72.1. The van der Waals surface area contributed by atoms with Crippen LogP contribution < -0.4 is 4.18 Å². The second-order valence-corrected chi connectivity index (χ2v) is 12.3. The molecule has 0 N–H and O–H groups in total. The van der Waals surface area contributed by atoms with Crippen LogP contribution in [0.25, 0.3) is 10.8 Å². The van der Waals surface area contributed by atoms with Crippen LogP contribution in [0.1, 0.15) is 19.4 Å². The molecule has 0 atom stereocenters. The summed E-state index contributed by atoms with van der Waals surface area (Å²) >= 11 is 0. The van der Waals surface area contributed by atoms with Crippen molar-refractivity contribution in [2.75, 3.05) is 6.54 Å². The normalized spacial score (nSPS) is 12.4. The van der Waals surface area contributed by atoms with Gasteiger partial charge in [0.05, 0.1) is 4.90 Å². The first kappa shape index (κ1) is 25.8. The topological polar surface area (TPSA) is 80.8 Å². The second kappa shape index (κ2) is 10.4. The van der Waals surface area contributed by atoms with E-state index in [2.05, 4.69) is 0 Å². The molecule has 0 heterocycles. The van der Waals surface area contributed by atoms with Gasteiger partial charge in [-0.3, -0.25) is 0 Å². The van der Waals surface area contributed by atoms with Crippen molar-refractivity contribution in [1.29, 1.82) is 0 Å². The Balaban J connectivity index is 1.58. The first-order valence-electron chi connectivity index (χ1n) is 11.3. The molecule has 4 rings (SSSR count). The monoisotopic (exact) mass is 527 g/mol. The summed E-state index contributed by atoms with van der Waals surface area (Å²) in [5, 5.41) is 1.50. The van der Waals surface area contributed by atoms with Crippen LogP contribution in [-0.2, 0) is 26.7 Å². The average molecular weight is 528 g/mol. The molecule has 0 bridgehead atoms. The minimum Gasteiger partial charge on any atom is -0.379 e. The van der Waals surface area contributed by atoms with E-state index in [-0.39, 0.29) is 28.0 Å². The Morgan fingerprint density at radius 2 is 1.44 bits per heavy atom. The lowest BCUT2D eigenvalue weighted by Gasteiger charge is -2.25. The van der Waals surface area contributed by atoms with Crippen LogP contribution in [0, 0.1) is 11.7 Å². The summed E-state index contributed by atoms with van der Waals surface area (Å²) in [5.74, 6) is -0.406. The molecule has 0 saturated heterocycles. The third-order valence-electron chi connectivity index (χ3n) is 5.53. The number of halogens is 1. The maximum absolute atomic E-state index is 13.7. The Morgan fingerprint density at radius 3 is 2.11 bits per heavy atom. The lowest BCUT2D eigenvalue weighted by atomic mass is 10.1. The fourth-order valence-corrected chi connectivity index (χ4v) is 6.58. The van der Waals surface area contributed by atoms with E-state index >= 15 is 0 Å². The van der Waals surface area contributed by atoms with Crippen LogP contribution in [0.2, 0.25) is 0 Å². The first-order valence-corrected chi connectivity index (χ1v) is 14.2. The number of rotatable bonds is 9. The molecule has 0 aliphatic heterocycles. The van der Waals surface area contributed by atoms with Crippen LogP contribution in [-0.4, -0.2) is 27.7 Å². The van der Waals surface area contributed by atoms with Gasteiger partial charge < -0.3 is 4.18 Å². The average Bonchev–Trinajstić information content (AvgIpc) is 2.84. The van der Waals surface area contributed by atoms with Crippen LogP contribution in [0.3, 0.4) is 0 Å². The zero-order valence-corrected chi connectivity index (χ0v) is 21.5. The highest BCUT2D eigenvalue weighted by Crippen LogP contribution is 2.28. The molecule has 4 aromatic rings. The predicted octanol–water partition coefficient (Wildman–Crippen LogP) is 5.59. The van der Waals surface area contributed by atoms with Gasteiger partial charge in [0, 0.05) is 18.5 Å². The SMILES string of the molecule is CC(C)CN(Cc1ccc(OS(=O)(=O)c2ccc(F)cc2)cc1)S(=O)(=O)c1cccc2ccccc12. The van der Waals surface area contributed by atoms with Gasteiger partial charge in [-0.25, -0.2) is 12.8 Å². The molecule has 9 heteroatoms. The second-order valence-electron chi connectivity index (χ2n) is 8.80. The summed E-state index contributed by atoms with van der Waals surface area (Å²) in [6, 6.07) is 23.1. The maximum Gasteiger partial charge on any atom is 0.339 e. The number of hydrogen-bond acceptors (Lipinski definition) is 5. The molecule has 0 spiro atoms. The predicted molar refractivity (Wildman–Crippen MR) is 137 cm³/mol. The largest absolute Gasteiger partial charge is 0.379 e. The van der Waals surface area contributed by atoms with E-state index in [1.54, 1.807) is 30.3 Å². The molecule has 36 heavy (non-hydrogen) atoms. The van der Waals surface area contributed by atoms with Gasteiger partial charge in [-0.05, 0) is 59.3 Å². The van der Waals surface area contributed by atoms with Crippen molar-refractivity contribution in [3.05, 3.63) is 102 Å². The maximum atomic E-state index is 13.7. The van der Waals surface area contributed by atoms with E-state index in [1.807, 2.05) is 38.1 Å². The van der Waals surface area contributed by atoms with Gasteiger partial charge in [-0.2, -0.15) is 12.7 Å². The molecule has 0 radical (unpaired) electrons. The van der Waals surface area contributed by atoms with E-state index in [9.17, 15) is 21.2 Å². The molecule has 0 aliphatic rings. The number of sulfonamides is 1. The Labute approximate surface area is 211 Å². The van der Waals surface area contributed by atoms with Gasteiger partial charge in [-0.1, -0.05) is 62.4 Å². The van der Waals surface area contributed by atoms with Gasteiger partial charge in [0.25, 0.3) is 0 Å². The Kier molecular flexibility index (Phi) is 7.44. The number of fused-ring (bicyclic) bond motifs is 1. The summed E-state index contributed by atoms with van der Waals surface area (Å²) in [4.78, 5) is 0.0730. The van der Waals surface area contributed by atoms with E-state index < -0.39 is 26.0 Å². The van der Waals surface area contributed by atoms with Gasteiger partial charge in [0.15, 0.2) is 0 Å². The van der Waals surface area contributed by atoms with Crippen molar-refractivity contribution in [3.63, 3.8) is 0 Å². The van der Waals surface area contributed by atoms with Gasteiger partial charge >= 0.3 is 10.1 Å². The highest BCUT2D eigenvalue weighted by Gasteiger charge is 2.27. The molecule has 0 unspecified atom stereocenters. The lowest BCUT2D eigenvalue weighted by molar-refractivity contribution is 0.362. The van der Waals surface area contributed by atoms with Crippen molar-refractivity contribution in [2.24, 2.45) is 5.92 Å². The molecule has 6 nitrogen and oxygen atoms in total. The molecule has 0 aromatic heterocycles. The third kappa shape index (κ3) is 5.75. The van der Waals surface area contributed by atoms with Crippen molar-refractivity contribution in [2.45, 2.75) is 30.2 Å². The highest BCUT2D eigenvalue weighted by atomic mass is 32.2. The summed E-state index contributed by atoms with van der Waals surface area (Å²) in [6.45, 7) is 4.31. The minimum absolute atomic E-state index is 0.0652. The molecule has 188 valence electrons. The van der Waals surface area contributed by atoms with Crippen molar-refractivity contribution >= 4 is 30.9 Å². The van der Waals surface area contributed by atoms with Crippen molar-refractivity contribution < 1.29 is 25.4 Å². The molecule has 0 fully saturated rings. The smallest absolute Gasteiger partial charge is 0.339 e. The molecular formula is C27H26FNO5S2. The summed E-state index contributed by atoms with van der Waals surface area (Å²) in [5.41, 5.74) is 0.672. The molecule has 0 saturated carbocycles. The first-order chi connectivity index (χ1) is 17.1. The van der Waals surface area contributed by atoms with E-state index in [0.29, 0.717) is 17.5 Å². The number of benzene rings is 4. The minimum atomic E-state index is -4.13.